The zero-order valence-corrected chi connectivity index (χ0v) is 17.4. The van der Waals surface area contributed by atoms with Crippen molar-refractivity contribution in [1.29, 1.82) is 0 Å². The van der Waals surface area contributed by atoms with Crippen LogP contribution < -0.4 is 0 Å². The van der Waals surface area contributed by atoms with Crippen LogP contribution in [0.25, 0.3) is 5.78 Å². The predicted molar refractivity (Wildman–Crippen MR) is 104 cm³/mol. The summed E-state index contributed by atoms with van der Waals surface area (Å²) in [5.74, 6) is 0.0683. The third-order valence-corrected chi connectivity index (χ3v) is 6.55. The second-order valence-corrected chi connectivity index (χ2v) is 9.29. The van der Waals surface area contributed by atoms with Gasteiger partial charge >= 0.3 is 0 Å². The topological polar surface area (TPSA) is 115 Å². The molecular weight excluding hydrogens is 394 g/mol. The maximum Gasteiger partial charge on any atom is 0.257 e. The number of aryl methyl sites for hydroxylation is 1. The third kappa shape index (κ3) is 3.39. The monoisotopic (exact) mass is 417 g/mol. The zero-order valence-electron chi connectivity index (χ0n) is 16.6. The van der Waals surface area contributed by atoms with E-state index in [1.807, 2.05) is 13.8 Å². The average Bonchev–Trinajstić information content (AvgIpc) is 3.32. The minimum Gasteiger partial charge on any atom is -0.338 e. The molecule has 11 heteroatoms. The highest BCUT2D eigenvalue weighted by Gasteiger charge is 2.32. The van der Waals surface area contributed by atoms with Crippen LogP contribution in [0.1, 0.15) is 47.4 Å². The van der Waals surface area contributed by atoms with Crippen LogP contribution in [0, 0.1) is 6.92 Å². The van der Waals surface area contributed by atoms with Crippen molar-refractivity contribution in [3.63, 3.8) is 0 Å². The predicted octanol–water partition coefficient (Wildman–Crippen LogP) is 1.07. The van der Waals surface area contributed by atoms with Crippen molar-refractivity contribution in [2.24, 2.45) is 0 Å². The van der Waals surface area contributed by atoms with Gasteiger partial charge in [0.2, 0.25) is 0 Å². The van der Waals surface area contributed by atoms with Crippen molar-refractivity contribution in [1.82, 2.24) is 34.3 Å². The van der Waals surface area contributed by atoms with Gasteiger partial charge in [0.1, 0.15) is 11.2 Å². The molecule has 4 rings (SSSR count). The molecule has 1 atom stereocenters. The van der Waals surface area contributed by atoms with E-state index in [0.29, 0.717) is 36.7 Å². The average molecular weight is 417 g/mol. The highest BCUT2D eigenvalue weighted by atomic mass is 32.2. The molecule has 29 heavy (non-hydrogen) atoms. The van der Waals surface area contributed by atoms with Crippen molar-refractivity contribution in [2.75, 3.05) is 19.3 Å². The van der Waals surface area contributed by atoms with Gasteiger partial charge in [0, 0.05) is 37.5 Å². The molecule has 1 saturated heterocycles. The van der Waals surface area contributed by atoms with Gasteiger partial charge in [-0.2, -0.15) is 19.7 Å². The Morgan fingerprint density at radius 2 is 2.03 bits per heavy atom. The molecule has 1 aliphatic rings. The standard InChI is InChI=1S/C18H23N7O3S/c1-4-24-12(2)14(8-21-24)17(26)23-7-5-6-13(10-23)16-15(29(3,27)28)9-19-18-20-11-22-25(16)18/h8-9,11,13H,4-7,10H2,1-3H3/t13-/m1/s1. The molecule has 1 aliphatic heterocycles. The number of sulfone groups is 1. The van der Waals surface area contributed by atoms with Gasteiger partial charge < -0.3 is 4.90 Å². The molecule has 0 spiro atoms. The molecule has 1 amide bonds. The molecule has 0 aliphatic carbocycles. The van der Waals surface area contributed by atoms with E-state index in [1.165, 1.54) is 17.0 Å². The lowest BCUT2D eigenvalue weighted by Crippen LogP contribution is -2.40. The van der Waals surface area contributed by atoms with Gasteiger partial charge in [0.25, 0.3) is 11.7 Å². The van der Waals surface area contributed by atoms with Gasteiger partial charge in [-0.1, -0.05) is 0 Å². The van der Waals surface area contributed by atoms with Crippen LogP contribution in [0.2, 0.25) is 0 Å². The molecule has 0 unspecified atom stereocenters. The van der Waals surface area contributed by atoms with E-state index in [0.717, 1.165) is 24.8 Å². The largest absolute Gasteiger partial charge is 0.338 e. The van der Waals surface area contributed by atoms with E-state index < -0.39 is 9.84 Å². The summed E-state index contributed by atoms with van der Waals surface area (Å²) in [7, 11) is -3.52. The molecule has 3 aromatic heterocycles. The first-order valence-electron chi connectivity index (χ1n) is 9.51. The lowest BCUT2D eigenvalue weighted by molar-refractivity contribution is 0.0703. The number of likely N-dealkylation sites (tertiary alicyclic amines) is 1. The summed E-state index contributed by atoms with van der Waals surface area (Å²) in [6, 6.07) is 0. The fraction of sp³-hybridized carbons (Fsp3) is 0.500. The van der Waals surface area contributed by atoms with E-state index in [2.05, 4.69) is 20.2 Å². The van der Waals surface area contributed by atoms with Crippen molar-refractivity contribution in [2.45, 2.75) is 44.0 Å². The number of nitrogens with zero attached hydrogens (tertiary/aromatic N) is 7. The zero-order chi connectivity index (χ0) is 20.8. The Hall–Kier alpha value is -2.82. The summed E-state index contributed by atoms with van der Waals surface area (Å²) in [4.78, 5) is 23.2. The SMILES string of the molecule is CCn1ncc(C(=O)N2CCC[C@@H](c3c(S(C)(=O)=O)cnc4ncnn34)C2)c1C. The minimum absolute atomic E-state index is 0.0864. The molecule has 0 bridgehead atoms. The Bertz CT molecular complexity index is 1180. The summed E-state index contributed by atoms with van der Waals surface area (Å²) in [5, 5.41) is 8.45. The lowest BCUT2D eigenvalue weighted by atomic mass is 9.94. The first kappa shape index (κ1) is 19.5. The highest BCUT2D eigenvalue weighted by molar-refractivity contribution is 7.90. The normalized spacial score (nSPS) is 17.8. The van der Waals surface area contributed by atoms with E-state index in [1.54, 1.807) is 15.8 Å². The number of aromatic nitrogens is 6. The second kappa shape index (κ2) is 7.21. The first-order chi connectivity index (χ1) is 13.8. The molecule has 3 aromatic rings. The van der Waals surface area contributed by atoms with Crippen LogP contribution in [0.5, 0.6) is 0 Å². The van der Waals surface area contributed by atoms with Crippen LogP contribution in [0.3, 0.4) is 0 Å². The molecule has 154 valence electrons. The maximum atomic E-state index is 13.1. The van der Waals surface area contributed by atoms with Crippen molar-refractivity contribution in [3.8, 4) is 0 Å². The third-order valence-electron chi connectivity index (χ3n) is 5.44. The number of hydrogen-bond acceptors (Lipinski definition) is 7. The summed E-state index contributed by atoms with van der Waals surface area (Å²) in [6.07, 6.45) is 6.97. The van der Waals surface area contributed by atoms with Crippen LogP contribution in [-0.4, -0.2) is 67.9 Å². The number of carbonyl (C=O) groups is 1. The van der Waals surface area contributed by atoms with E-state index >= 15 is 0 Å². The van der Waals surface area contributed by atoms with Crippen LogP contribution in [0.4, 0.5) is 0 Å². The summed E-state index contributed by atoms with van der Waals surface area (Å²) in [6.45, 7) is 5.57. The van der Waals surface area contributed by atoms with Gasteiger partial charge in [-0.15, -0.1) is 0 Å². The molecule has 0 saturated carbocycles. The highest BCUT2D eigenvalue weighted by Crippen LogP contribution is 2.32. The van der Waals surface area contributed by atoms with Crippen molar-refractivity contribution >= 4 is 21.5 Å². The smallest absolute Gasteiger partial charge is 0.257 e. The first-order valence-corrected chi connectivity index (χ1v) is 11.4. The second-order valence-electron chi connectivity index (χ2n) is 7.30. The number of carbonyl (C=O) groups excluding carboxylic acids is 1. The van der Waals surface area contributed by atoms with Gasteiger partial charge in [-0.3, -0.25) is 9.48 Å². The quantitative estimate of drug-likeness (QED) is 0.623. The molecule has 10 nitrogen and oxygen atoms in total. The van der Waals surface area contributed by atoms with Gasteiger partial charge in [-0.25, -0.2) is 13.4 Å². The number of fused-ring (bicyclic) bond motifs is 1. The minimum atomic E-state index is -3.52. The Morgan fingerprint density at radius 1 is 1.24 bits per heavy atom. The molecule has 0 N–H and O–H groups in total. The summed E-state index contributed by atoms with van der Waals surface area (Å²) >= 11 is 0. The lowest BCUT2D eigenvalue weighted by Gasteiger charge is -2.33. The Kier molecular flexibility index (Phi) is 4.85. The summed E-state index contributed by atoms with van der Waals surface area (Å²) in [5.41, 5.74) is 1.95. The van der Waals surface area contributed by atoms with E-state index in [9.17, 15) is 13.2 Å². The van der Waals surface area contributed by atoms with E-state index in [-0.39, 0.29) is 16.7 Å². The number of rotatable bonds is 4. The number of amides is 1. The summed E-state index contributed by atoms with van der Waals surface area (Å²) < 4.78 is 28.0. The number of piperidine rings is 1. The van der Waals surface area contributed by atoms with Crippen molar-refractivity contribution < 1.29 is 13.2 Å². The van der Waals surface area contributed by atoms with Crippen molar-refractivity contribution in [3.05, 3.63) is 35.7 Å². The van der Waals surface area contributed by atoms with E-state index in [4.69, 9.17) is 0 Å². The van der Waals surface area contributed by atoms with Gasteiger partial charge in [-0.05, 0) is 26.7 Å². The number of hydrogen-bond donors (Lipinski definition) is 0. The van der Waals surface area contributed by atoms with Crippen LogP contribution in [-0.2, 0) is 16.4 Å². The molecule has 4 heterocycles. The Balaban J connectivity index is 1.71. The fourth-order valence-corrected chi connectivity index (χ4v) is 4.85. The fourth-order valence-electron chi connectivity index (χ4n) is 3.97. The molecular formula is C18H23N7O3S. The molecule has 0 radical (unpaired) electrons. The van der Waals surface area contributed by atoms with Crippen LogP contribution in [0.15, 0.2) is 23.6 Å². The Morgan fingerprint density at radius 3 is 2.72 bits per heavy atom. The van der Waals surface area contributed by atoms with Gasteiger partial charge in [0.05, 0.1) is 23.7 Å². The molecule has 0 aromatic carbocycles. The van der Waals surface area contributed by atoms with Gasteiger partial charge in [0.15, 0.2) is 9.84 Å². The Labute approximate surface area is 168 Å². The molecule has 1 fully saturated rings. The van der Waals surface area contributed by atoms with Crippen LogP contribution >= 0.6 is 0 Å². The maximum absolute atomic E-state index is 13.1.